The van der Waals surface area contributed by atoms with E-state index in [0.29, 0.717) is 19.0 Å². The summed E-state index contributed by atoms with van der Waals surface area (Å²) in [5.41, 5.74) is 6.03. The van der Waals surface area contributed by atoms with Gasteiger partial charge in [0.1, 0.15) is 11.6 Å². The summed E-state index contributed by atoms with van der Waals surface area (Å²) >= 11 is 0. The Morgan fingerprint density at radius 2 is 1.76 bits per heavy atom. The number of urea groups is 1. The minimum absolute atomic E-state index is 0.00584. The third kappa shape index (κ3) is 5.87. The van der Waals surface area contributed by atoms with Crippen LogP contribution in [0.1, 0.15) is 12.0 Å². The Morgan fingerprint density at radius 3 is 2.40 bits per heavy atom. The Hall–Kier alpha value is -2.96. The lowest BCUT2D eigenvalue weighted by atomic mass is 10.1. The first-order chi connectivity index (χ1) is 12.0. The summed E-state index contributed by atoms with van der Waals surface area (Å²) in [5, 5.41) is 2.39. The van der Waals surface area contributed by atoms with Crippen LogP contribution in [0.25, 0.3) is 0 Å². The zero-order chi connectivity index (χ0) is 18.2. The van der Waals surface area contributed by atoms with Gasteiger partial charge in [0.25, 0.3) is 0 Å². The molecule has 132 valence electrons. The van der Waals surface area contributed by atoms with Crippen molar-refractivity contribution >= 4 is 17.6 Å². The van der Waals surface area contributed by atoms with E-state index in [1.54, 1.807) is 0 Å². The van der Waals surface area contributed by atoms with Gasteiger partial charge in [-0.25, -0.2) is 13.6 Å². The van der Waals surface area contributed by atoms with Crippen molar-refractivity contribution in [1.82, 2.24) is 4.90 Å². The zero-order valence-electron chi connectivity index (χ0n) is 13.5. The van der Waals surface area contributed by atoms with Crippen LogP contribution in [0.3, 0.4) is 0 Å². The Kier molecular flexibility index (Phi) is 6.45. The summed E-state index contributed by atoms with van der Waals surface area (Å²) in [6.07, 6.45) is 0.563. The van der Waals surface area contributed by atoms with E-state index in [2.05, 4.69) is 5.32 Å². The summed E-state index contributed by atoms with van der Waals surface area (Å²) in [4.78, 5) is 24.8. The molecule has 0 saturated heterocycles. The molecule has 3 amide bonds. The molecule has 5 nitrogen and oxygen atoms in total. The lowest BCUT2D eigenvalue weighted by molar-refractivity contribution is -0.118. The van der Waals surface area contributed by atoms with Crippen molar-refractivity contribution in [2.24, 2.45) is 5.73 Å². The maximum absolute atomic E-state index is 13.7. The van der Waals surface area contributed by atoms with Crippen LogP contribution in [0.2, 0.25) is 0 Å². The summed E-state index contributed by atoms with van der Waals surface area (Å²) < 4.78 is 26.6. The van der Waals surface area contributed by atoms with Crippen molar-refractivity contribution in [3.8, 4) is 0 Å². The molecule has 0 fully saturated rings. The van der Waals surface area contributed by atoms with Gasteiger partial charge in [-0.15, -0.1) is 0 Å². The molecule has 2 aromatic rings. The molecule has 2 rings (SSSR count). The van der Waals surface area contributed by atoms with Crippen molar-refractivity contribution in [2.45, 2.75) is 12.8 Å². The number of hydrogen-bond donors (Lipinski definition) is 2. The maximum atomic E-state index is 13.7. The molecule has 25 heavy (non-hydrogen) atoms. The van der Waals surface area contributed by atoms with E-state index in [-0.39, 0.29) is 18.7 Å². The number of anilines is 1. The quantitative estimate of drug-likeness (QED) is 0.808. The van der Waals surface area contributed by atoms with Crippen molar-refractivity contribution in [1.29, 1.82) is 0 Å². The first-order valence-corrected chi connectivity index (χ1v) is 7.79. The van der Waals surface area contributed by atoms with E-state index in [4.69, 9.17) is 5.73 Å². The van der Waals surface area contributed by atoms with E-state index < -0.39 is 23.6 Å². The second-order valence-electron chi connectivity index (χ2n) is 5.49. The summed E-state index contributed by atoms with van der Waals surface area (Å²) in [6.45, 7) is 0.433. The highest BCUT2D eigenvalue weighted by Gasteiger charge is 2.16. The van der Waals surface area contributed by atoms with Crippen LogP contribution in [-0.4, -0.2) is 29.9 Å². The average Bonchev–Trinajstić information content (AvgIpc) is 2.58. The highest BCUT2D eigenvalue weighted by Crippen LogP contribution is 2.16. The molecule has 7 heteroatoms. The highest BCUT2D eigenvalue weighted by molar-refractivity contribution is 5.89. The number of hydrogen-bond acceptors (Lipinski definition) is 2. The predicted molar refractivity (Wildman–Crippen MR) is 90.9 cm³/mol. The second-order valence-corrected chi connectivity index (χ2v) is 5.49. The third-order valence-corrected chi connectivity index (χ3v) is 3.60. The molecule has 0 aliphatic heterocycles. The van der Waals surface area contributed by atoms with Crippen LogP contribution in [0, 0.1) is 11.6 Å². The molecule has 0 bridgehead atoms. The predicted octanol–water partition coefficient (Wildman–Crippen LogP) is 2.92. The van der Waals surface area contributed by atoms with Crippen molar-refractivity contribution < 1.29 is 18.4 Å². The Bertz CT molecular complexity index is 738. The van der Waals surface area contributed by atoms with Crippen molar-refractivity contribution in [2.75, 3.05) is 18.4 Å². The lowest BCUT2D eigenvalue weighted by Crippen LogP contribution is -2.38. The van der Waals surface area contributed by atoms with Crippen molar-refractivity contribution in [3.05, 3.63) is 65.7 Å². The van der Waals surface area contributed by atoms with Crippen LogP contribution in [0.15, 0.2) is 48.5 Å². The number of carbonyl (C=O) groups is 2. The topological polar surface area (TPSA) is 75.4 Å². The number of primary amides is 1. The third-order valence-electron chi connectivity index (χ3n) is 3.60. The van der Waals surface area contributed by atoms with Crippen LogP contribution in [0.5, 0.6) is 0 Å². The second kappa shape index (κ2) is 8.77. The molecule has 0 heterocycles. The fourth-order valence-corrected chi connectivity index (χ4v) is 2.25. The first-order valence-electron chi connectivity index (χ1n) is 7.79. The van der Waals surface area contributed by atoms with Crippen LogP contribution >= 0.6 is 0 Å². The Labute approximate surface area is 144 Å². The monoisotopic (exact) mass is 347 g/mol. The molecule has 0 spiro atoms. The largest absolute Gasteiger partial charge is 0.370 e. The van der Waals surface area contributed by atoms with Gasteiger partial charge in [0.15, 0.2) is 0 Å². The van der Waals surface area contributed by atoms with E-state index in [0.717, 1.165) is 17.7 Å². The van der Waals surface area contributed by atoms with Gasteiger partial charge in [-0.1, -0.05) is 30.3 Å². The summed E-state index contributed by atoms with van der Waals surface area (Å²) in [7, 11) is 0. The van der Waals surface area contributed by atoms with Crippen LogP contribution in [0.4, 0.5) is 19.3 Å². The SMILES string of the molecule is NC(=O)CCN(CCc1ccccc1)C(=O)Nc1ccc(F)cc1F. The fraction of sp³-hybridized carbons (Fsp3) is 0.222. The van der Waals surface area contributed by atoms with Gasteiger partial charge in [0.05, 0.1) is 5.69 Å². The zero-order valence-corrected chi connectivity index (χ0v) is 13.5. The molecule has 0 unspecified atom stereocenters. The number of nitrogens with two attached hydrogens (primary N) is 1. The molecule has 2 aromatic carbocycles. The molecule has 0 radical (unpaired) electrons. The van der Waals surface area contributed by atoms with Gasteiger partial charge in [0, 0.05) is 25.6 Å². The number of halogens is 2. The standard InChI is InChI=1S/C18H19F2N3O2/c19-14-6-7-16(15(20)12-14)22-18(25)23(11-9-17(21)24)10-8-13-4-2-1-3-5-13/h1-7,12H,8-11H2,(H2,21,24)(H,22,25). The van der Waals surface area contributed by atoms with Gasteiger partial charge >= 0.3 is 6.03 Å². The highest BCUT2D eigenvalue weighted by atomic mass is 19.1. The minimum atomic E-state index is -0.869. The number of nitrogens with zero attached hydrogens (tertiary/aromatic N) is 1. The number of nitrogens with one attached hydrogen (secondary N) is 1. The molecular weight excluding hydrogens is 328 g/mol. The van der Waals surface area contributed by atoms with Gasteiger partial charge in [0.2, 0.25) is 5.91 Å². The Morgan fingerprint density at radius 1 is 1.04 bits per heavy atom. The molecular formula is C18H19F2N3O2. The number of carbonyl (C=O) groups excluding carboxylic acids is 2. The minimum Gasteiger partial charge on any atom is -0.370 e. The Balaban J connectivity index is 2.04. The van der Waals surface area contributed by atoms with E-state index >= 15 is 0 Å². The smallest absolute Gasteiger partial charge is 0.321 e. The molecule has 0 aliphatic carbocycles. The summed E-state index contributed by atoms with van der Waals surface area (Å²) in [6, 6.07) is 11.8. The number of amides is 3. The molecule has 0 aliphatic rings. The number of rotatable bonds is 7. The van der Waals surface area contributed by atoms with Gasteiger partial charge in [-0.2, -0.15) is 0 Å². The lowest BCUT2D eigenvalue weighted by Gasteiger charge is -2.23. The van der Waals surface area contributed by atoms with Crippen LogP contribution in [-0.2, 0) is 11.2 Å². The molecule has 3 N–H and O–H groups in total. The van der Waals surface area contributed by atoms with E-state index in [1.165, 1.54) is 4.90 Å². The van der Waals surface area contributed by atoms with Gasteiger partial charge in [-0.05, 0) is 24.1 Å². The average molecular weight is 347 g/mol. The van der Waals surface area contributed by atoms with Gasteiger partial charge < -0.3 is 16.0 Å². The van der Waals surface area contributed by atoms with Crippen LogP contribution < -0.4 is 11.1 Å². The maximum Gasteiger partial charge on any atom is 0.321 e. The molecule has 0 atom stereocenters. The normalized spacial score (nSPS) is 10.3. The number of benzene rings is 2. The van der Waals surface area contributed by atoms with Crippen molar-refractivity contribution in [3.63, 3.8) is 0 Å². The molecule has 0 aromatic heterocycles. The van der Waals surface area contributed by atoms with E-state index in [1.807, 2.05) is 30.3 Å². The fourth-order valence-electron chi connectivity index (χ4n) is 2.25. The first kappa shape index (κ1) is 18.4. The summed E-state index contributed by atoms with van der Waals surface area (Å²) in [5.74, 6) is -2.14. The molecule has 0 saturated carbocycles. The van der Waals surface area contributed by atoms with E-state index in [9.17, 15) is 18.4 Å². The van der Waals surface area contributed by atoms with Gasteiger partial charge in [-0.3, -0.25) is 4.79 Å².